The second-order valence-corrected chi connectivity index (χ2v) is 7.99. The predicted octanol–water partition coefficient (Wildman–Crippen LogP) is 5.27. The van der Waals surface area contributed by atoms with E-state index in [2.05, 4.69) is 17.2 Å². The maximum atomic E-state index is 12.2. The van der Waals surface area contributed by atoms with Crippen molar-refractivity contribution < 1.29 is 14.3 Å². The number of nitrogens with zero attached hydrogens (tertiary/aromatic N) is 1. The Morgan fingerprint density at radius 2 is 1.63 bits per heavy atom. The molecular weight excluding hydrogens is 378 g/mol. The first-order chi connectivity index (χ1) is 14.6. The summed E-state index contributed by atoms with van der Waals surface area (Å²) in [4.78, 5) is 16.5. The molecule has 1 aromatic heterocycles. The van der Waals surface area contributed by atoms with E-state index in [1.54, 1.807) is 24.3 Å². The fourth-order valence-corrected chi connectivity index (χ4v) is 3.44. The average Bonchev–Trinajstić information content (AvgIpc) is 3.24. The summed E-state index contributed by atoms with van der Waals surface area (Å²) in [7, 11) is 0. The third-order valence-corrected chi connectivity index (χ3v) is 5.28. The number of hydrogen-bond acceptors (Lipinski definition) is 5. The van der Waals surface area contributed by atoms with Gasteiger partial charge in [0.1, 0.15) is 12.0 Å². The normalized spacial score (nSPS) is 12.1. The average molecular weight is 416 g/mol. The molecule has 0 fully saturated rings. The summed E-state index contributed by atoms with van der Waals surface area (Å²) < 4.78 is 5.40. The van der Waals surface area contributed by atoms with Gasteiger partial charge in [-0.15, -0.1) is 0 Å². The van der Waals surface area contributed by atoms with Gasteiger partial charge in [-0.25, -0.2) is 4.98 Å². The molecule has 1 unspecified atom stereocenters. The fraction of sp³-hybridized carbons (Fsp3) is 0.583. The van der Waals surface area contributed by atoms with Crippen LogP contribution in [0.1, 0.15) is 99.1 Å². The highest BCUT2D eigenvalue weighted by molar-refractivity contribution is 5.91. The Morgan fingerprint density at radius 3 is 2.27 bits per heavy atom. The zero-order valence-corrected chi connectivity index (χ0v) is 18.2. The molecule has 1 atom stereocenters. The monoisotopic (exact) mass is 415 g/mol. The van der Waals surface area contributed by atoms with E-state index >= 15 is 0 Å². The highest BCUT2D eigenvalue weighted by atomic mass is 16.3. The van der Waals surface area contributed by atoms with Gasteiger partial charge in [-0.2, -0.15) is 0 Å². The quantitative estimate of drug-likeness (QED) is 0.344. The van der Waals surface area contributed by atoms with Crippen LogP contribution in [0.3, 0.4) is 0 Å². The Morgan fingerprint density at radius 1 is 1.03 bits per heavy atom. The summed E-state index contributed by atoms with van der Waals surface area (Å²) in [6.07, 6.45) is 14.6. The molecule has 4 N–H and O–H groups in total. The van der Waals surface area contributed by atoms with Gasteiger partial charge in [0.15, 0.2) is 5.69 Å². The maximum Gasteiger partial charge on any atom is 0.273 e. The molecule has 6 nitrogen and oxygen atoms in total. The van der Waals surface area contributed by atoms with Crippen molar-refractivity contribution >= 4 is 5.91 Å². The lowest BCUT2D eigenvalue weighted by Crippen LogP contribution is -2.25. The molecular formula is C24H37N3O3. The zero-order chi connectivity index (χ0) is 21.6. The molecule has 2 aromatic rings. The number of hydrogen-bond donors (Lipinski definition) is 3. The topological polar surface area (TPSA) is 101 Å². The van der Waals surface area contributed by atoms with Gasteiger partial charge in [0.25, 0.3) is 5.91 Å². The van der Waals surface area contributed by atoms with Crippen LogP contribution in [-0.4, -0.2) is 22.5 Å². The molecule has 0 bridgehead atoms. The molecule has 1 aromatic carbocycles. The first-order valence-electron chi connectivity index (χ1n) is 11.4. The number of aromatic nitrogens is 1. The number of rotatable bonds is 15. The molecule has 0 saturated carbocycles. The maximum absolute atomic E-state index is 12.2. The van der Waals surface area contributed by atoms with E-state index in [0.29, 0.717) is 18.9 Å². The number of phenolic OH excluding ortho intramolecular Hbond substituents is 1. The van der Waals surface area contributed by atoms with E-state index in [9.17, 15) is 9.90 Å². The molecule has 166 valence electrons. The van der Waals surface area contributed by atoms with Crippen molar-refractivity contribution in [1.29, 1.82) is 0 Å². The standard InChI is InChI=1S/C24H37N3O3/c1-2-3-4-5-6-7-8-9-10-11-16-26-23(29)22-18-30-24(27-22)21(25)17-19-12-14-20(28)15-13-19/h12-15,18,21,28H,2-11,16-17,25H2,1H3,(H,26,29). The van der Waals surface area contributed by atoms with Crippen LogP contribution in [0, 0.1) is 0 Å². The van der Waals surface area contributed by atoms with Crippen molar-refractivity contribution in [2.45, 2.75) is 83.6 Å². The molecule has 0 radical (unpaired) electrons. The summed E-state index contributed by atoms with van der Waals surface area (Å²) >= 11 is 0. The van der Waals surface area contributed by atoms with Gasteiger partial charge in [-0.3, -0.25) is 4.79 Å². The van der Waals surface area contributed by atoms with Crippen molar-refractivity contribution in [3.8, 4) is 5.75 Å². The number of carbonyl (C=O) groups is 1. The number of benzene rings is 1. The summed E-state index contributed by atoms with van der Waals surface area (Å²) in [5.41, 5.74) is 7.37. The third-order valence-electron chi connectivity index (χ3n) is 5.28. The molecule has 1 amide bonds. The van der Waals surface area contributed by atoms with E-state index in [4.69, 9.17) is 10.2 Å². The SMILES string of the molecule is CCCCCCCCCCCCNC(=O)c1coc(C(N)Cc2ccc(O)cc2)n1. The van der Waals surface area contributed by atoms with E-state index < -0.39 is 6.04 Å². The Kier molecular flexibility index (Phi) is 11.0. The van der Waals surface area contributed by atoms with E-state index in [1.165, 1.54) is 57.6 Å². The molecule has 6 heteroatoms. The van der Waals surface area contributed by atoms with Crippen molar-refractivity contribution in [3.63, 3.8) is 0 Å². The Balaban J connectivity index is 1.59. The highest BCUT2D eigenvalue weighted by Gasteiger charge is 2.17. The number of oxazole rings is 1. The smallest absolute Gasteiger partial charge is 0.273 e. The Labute approximate surface area is 180 Å². The number of nitrogens with one attached hydrogen (secondary N) is 1. The Bertz CT molecular complexity index is 728. The third kappa shape index (κ3) is 8.99. The largest absolute Gasteiger partial charge is 0.508 e. The van der Waals surface area contributed by atoms with E-state index in [1.807, 2.05) is 0 Å². The minimum Gasteiger partial charge on any atom is -0.508 e. The molecule has 2 rings (SSSR count). The van der Waals surface area contributed by atoms with Gasteiger partial charge >= 0.3 is 0 Å². The number of carbonyl (C=O) groups excluding carboxylic acids is 1. The van der Waals surface area contributed by atoms with Gasteiger partial charge in [0.05, 0.1) is 6.04 Å². The number of unbranched alkanes of at least 4 members (excludes halogenated alkanes) is 9. The predicted molar refractivity (Wildman–Crippen MR) is 119 cm³/mol. The van der Waals surface area contributed by atoms with Crippen LogP contribution in [0.4, 0.5) is 0 Å². The Hall–Kier alpha value is -2.34. The van der Waals surface area contributed by atoms with Gasteiger partial charge < -0.3 is 20.6 Å². The second-order valence-electron chi connectivity index (χ2n) is 7.99. The van der Waals surface area contributed by atoms with Gasteiger partial charge in [-0.05, 0) is 30.5 Å². The first kappa shape index (κ1) is 23.9. The summed E-state index contributed by atoms with van der Waals surface area (Å²) in [6, 6.07) is 6.39. The van der Waals surface area contributed by atoms with Gasteiger partial charge in [0, 0.05) is 6.54 Å². The zero-order valence-electron chi connectivity index (χ0n) is 18.2. The number of amides is 1. The van der Waals surface area contributed by atoms with Crippen LogP contribution in [-0.2, 0) is 6.42 Å². The summed E-state index contributed by atoms with van der Waals surface area (Å²) in [5.74, 6) is 0.328. The van der Waals surface area contributed by atoms with Crippen molar-refractivity contribution in [2.75, 3.05) is 6.54 Å². The molecule has 0 spiro atoms. The van der Waals surface area contributed by atoms with Crippen LogP contribution < -0.4 is 11.1 Å². The van der Waals surface area contributed by atoms with Crippen LogP contribution in [0.25, 0.3) is 0 Å². The van der Waals surface area contributed by atoms with Crippen LogP contribution in [0.15, 0.2) is 34.9 Å². The minimum atomic E-state index is -0.446. The number of aromatic hydroxyl groups is 1. The van der Waals surface area contributed by atoms with Crippen molar-refractivity contribution in [2.24, 2.45) is 5.73 Å². The van der Waals surface area contributed by atoms with Crippen LogP contribution in [0.2, 0.25) is 0 Å². The lowest BCUT2D eigenvalue weighted by Gasteiger charge is -2.07. The number of nitrogens with two attached hydrogens (primary N) is 1. The minimum absolute atomic E-state index is 0.213. The second kappa shape index (κ2) is 13.8. The van der Waals surface area contributed by atoms with Gasteiger partial charge in [0.2, 0.25) is 5.89 Å². The summed E-state index contributed by atoms with van der Waals surface area (Å²) in [5, 5.41) is 12.2. The molecule has 1 heterocycles. The van der Waals surface area contributed by atoms with Gasteiger partial charge in [-0.1, -0.05) is 76.8 Å². The first-order valence-corrected chi connectivity index (χ1v) is 11.4. The molecule has 30 heavy (non-hydrogen) atoms. The van der Waals surface area contributed by atoms with E-state index in [-0.39, 0.29) is 17.4 Å². The lowest BCUT2D eigenvalue weighted by molar-refractivity contribution is 0.0948. The number of phenols is 1. The van der Waals surface area contributed by atoms with E-state index in [0.717, 1.165) is 18.4 Å². The lowest BCUT2D eigenvalue weighted by atomic mass is 10.1. The molecule has 0 aliphatic carbocycles. The molecule has 0 aliphatic rings. The highest BCUT2D eigenvalue weighted by Crippen LogP contribution is 2.18. The van der Waals surface area contributed by atoms with Crippen molar-refractivity contribution in [3.05, 3.63) is 47.7 Å². The van der Waals surface area contributed by atoms with Crippen LogP contribution in [0.5, 0.6) is 5.75 Å². The fourth-order valence-electron chi connectivity index (χ4n) is 3.44. The summed E-state index contributed by atoms with van der Waals surface area (Å²) in [6.45, 7) is 2.89. The molecule has 0 saturated heterocycles. The molecule has 0 aliphatic heterocycles. The van der Waals surface area contributed by atoms with Crippen molar-refractivity contribution in [1.82, 2.24) is 10.3 Å². The van der Waals surface area contributed by atoms with Crippen LogP contribution >= 0.6 is 0 Å².